The molecular formula is C58H105NO5. The first-order chi connectivity index (χ1) is 31.5. The molecule has 0 aromatic rings. The van der Waals surface area contributed by atoms with E-state index in [9.17, 15) is 19.8 Å². The summed E-state index contributed by atoms with van der Waals surface area (Å²) in [6.45, 7) is 6.43. The number of unbranched alkanes of at least 4 members (excludes halogenated alkanes) is 28. The zero-order valence-electron chi connectivity index (χ0n) is 42.4. The van der Waals surface area contributed by atoms with Gasteiger partial charge >= 0.3 is 5.97 Å². The van der Waals surface area contributed by atoms with Crippen molar-refractivity contribution in [3.8, 4) is 0 Å². The smallest absolute Gasteiger partial charge is 0.306 e. The summed E-state index contributed by atoms with van der Waals surface area (Å²) in [6.07, 6.45) is 64.4. The van der Waals surface area contributed by atoms with Crippen LogP contribution in [0.4, 0.5) is 0 Å². The summed E-state index contributed by atoms with van der Waals surface area (Å²) in [4.78, 5) is 26.2. The second kappa shape index (κ2) is 51.5. The summed E-state index contributed by atoms with van der Waals surface area (Å²) in [6, 6.07) is -0.733. The largest absolute Gasteiger partial charge is 0.461 e. The summed E-state index contributed by atoms with van der Waals surface area (Å²) in [7, 11) is 0. The fraction of sp³-hybridized carbons (Fsp3) is 0.793. The zero-order chi connectivity index (χ0) is 46.7. The van der Waals surface area contributed by atoms with Crippen LogP contribution in [0.1, 0.15) is 271 Å². The van der Waals surface area contributed by atoms with Gasteiger partial charge in [0.1, 0.15) is 6.10 Å². The monoisotopic (exact) mass is 896 g/mol. The van der Waals surface area contributed by atoms with E-state index in [0.29, 0.717) is 19.3 Å². The van der Waals surface area contributed by atoms with Gasteiger partial charge in [0.2, 0.25) is 5.91 Å². The third-order valence-corrected chi connectivity index (χ3v) is 12.3. The van der Waals surface area contributed by atoms with Crippen molar-refractivity contribution in [2.45, 2.75) is 289 Å². The molecular weight excluding hydrogens is 791 g/mol. The van der Waals surface area contributed by atoms with Crippen molar-refractivity contribution in [3.63, 3.8) is 0 Å². The quantitative estimate of drug-likeness (QED) is 0.0321. The first-order valence-electron chi connectivity index (χ1n) is 27.5. The second-order valence-electron chi connectivity index (χ2n) is 18.6. The van der Waals surface area contributed by atoms with Crippen LogP contribution < -0.4 is 5.32 Å². The van der Waals surface area contributed by atoms with Crippen LogP contribution in [0.25, 0.3) is 0 Å². The number of nitrogens with one attached hydrogen (secondary N) is 1. The lowest BCUT2D eigenvalue weighted by Crippen LogP contribution is -2.46. The third-order valence-electron chi connectivity index (χ3n) is 12.3. The van der Waals surface area contributed by atoms with E-state index >= 15 is 0 Å². The summed E-state index contributed by atoms with van der Waals surface area (Å²) >= 11 is 0. The van der Waals surface area contributed by atoms with Crippen LogP contribution in [-0.2, 0) is 14.3 Å². The van der Waals surface area contributed by atoms with Crippen molar-refractivity contribution in [3.05, 3.63) is 60.8 Å². The first kappa shape index (κ1) is 61.6. The fourth-order valence-electron chi connectivity index (χ4n) is 8.11. The number of aliphatic hydroxyl groups excluding tert-OH is 2. The molecule has 0 rings (SSSR count). The number of carbonyl (C=O) groups is 2. The van der Waals surface area contributed by atoms with Gasteiger partial charge in [-0.3, -0.25) is 9.59 Å². The predicted octanol–water partition coefficient (Wildman–Crippen LogP) is 16.8. The SMILES string of the molecule is CCCCC/C=C\C/C=C\C/C=C\C/C=C\CC(CC(=O)NC(CO)C(O)CCCCCCCCCCCCCCCCC)OC(=O)CCCCCCCCC/C=C\CCCCCC. The molecule has 0 aromatic heterocycles. The van der Waals surface area contributed by atoms with Crippen LogP contribution in [0.5, 0.6) is 0 Å². The highest BCUT2D eigenvalue weighted by Gasteiger charge is 2.23. The Morgan fingerprint density at radius 3 is 1.31 bits per heavy atom. The molecule has 0 aromatic carbocycles. The molecule has 0 saturated heterocycles. The van der Waals surface area contributed by atoms with Crippen molar-refractivity contribution in [2.75, 3.05) is 6.61 Å². The molecule has 3 N–H and O–H groups in total. The van der Waals surface area contributed by atoms with Gasteiger partial charge in [-0.15, -0.1) is 0 Å². The maximum absolute atomic E-state index is 13.2. The lowest BCUT2D eigenvalue weighted by Gasteiger charge is -2.24. The molecule has 0 bridgehead atoms. The van der Waals surface area contributed by atoms with E-state index in [0.717, 1.165) is 57.8 Å². The molecule has 0 aliphatic carbocycles. The molecule has 3 atom stereocenters. The summed E-state index contributed by atoms with van der Waals surface area (Å²) in [5.41, 5.74) is 0. The highest BCUT2D eigenvalue weighted by molar-refractivity contribution is 5.77. The van der Waals surface area contributed by atoms with Crippen LogP contribution in [0.3, 0.4) is 0 Å². The van der Waals surface area contributed by atoms with Crippen molar-refractivity contribution >= 4 is 11.9 Å². The van der Waals surface area contributed by atoms with Crippen LogP contribution >= 0.6 is 0 Å². The Morgan fingerprint density at radius 2 is 0.828 bits per heavy atom. The molecule has 6 nitrogen and oxygen atoms in total. The second-order valence-corrected chi connectivity index (χ2v) is 18.6. The molecule has 64 heavy (non-hydrogen) atoms. The number of amides is 1. The third kappa shape index (κ3) is 46.1. The number of allylic oxidation sites excluding steroid dienone is 9. The van der Waals surface area contributed by atoms with E-state index in [4.69, 9.17) is 4.74 Å². The van der Waals surface area contributed by atoms with Crippen molar-refractivity contribution < 1.29 is 24.5 Å². The average Bonchev–Trinajstić information content (AvgIpc) is 3.29. The van der Waals surface area contributed by atoms with Gasteiger partial charge in [0, 0.05) is 12.8 Å². The lowest BCUT2D eigenvalue weighted by molar-refractivity contribution is -0.150. The predicted molar refractivity (Wildman–Crippen MR) is 278 cm³/mol. The Balaban J connectivity index is 4.68. The van der Waals surface area contributed by atoms with Gasteiger partial charge in [-0.1, -0.05) is 242 Å². The Labute approximate surface area is 397 Å². The van der Waals surface area contributed by atoms with Crippen LogP contribution in [0.2, 0.25) is 0 Å². The minimum atomic E-state index is -0.813. The molecule has 6 heteroatoms. The van der Waals surface area contributed by atoms with Gasteiger partial charge in [0.05, 0.1) is 25.2 Å². The van der Waals surface area contributed by atoms with Crippen LogP contribution in [-0.4, -0.2) is 46.9 Å². The molecule has 0 aliphatic rings. The first-order valence-corrected chi connectivity index (χ1v) is 27.5. The van der Waals surface area contributed by atoms with Crippen molar-refractivity contribution in [2.24, 2.45) is 0 Å². The molecule has 0 radical (unpaired) electrons. The van der Waals surface area contributed by atoms with Gasteiger partial charge in [0.25, 0.3) is 0 Å². The lowest BCUT2D eigenvalue weighted by atomic mass is 10.0. The highest BCUT2D eigenvalue weighted by atomic mass is 16.5. The van der Waals surface area contributed by atoms with E-state index in [2.05, 4.69) is 80.8 Å². The molecule has 3 unspecified atom stereocenters. The zero-order valence-corrected chi connectivity index (χ0v) is 42.4. The van der Waals surface area contributed by atoms with E-state index in [1.54, 1.807) is 0 Å². The number of hydrogen-bond acceptors (Lipinski definition) is 5. The number of carbonyl (C=O) groups excluding carboxylic acids is 2. The van der Waals surface area contributed by atoms with Gasteiger partial charge in [0.15, 0.2) is 0 Å². The maximum atomic E-state index is 13.2. The summed E-state index contributed by atoms with van der Waals surface area (Å²) < 4.78 is 5.88. The standard InChI is InChI=1S/C58H105NO5/c1-4-7-10-13-16-19-22-25-28-31-34-37-40-43-46-49-54(64-58(63)51-48-45-42-39-36-33-30-27-24-21-18-15-12-9-6-3)52-57(62)59-55(53-60)56(61)50-47-44-41-38-35-32-29-26-23-20-17-14-11-8-5-2/h16,19,21,24-25,28,34,37,43,46,54-56,60-61H,4-15,17-18,20,22-23,26-27,29-33,35-36,38-42,44-45,47-53H2,1-3H3,(H,59,62)/b19-16-,24-21-,28-25-,37-34-,46-43-. The number of ether oxygens (including phenoxy) is 1. The van der Waals surface area contributed by atoms with Gasteiger partial charge in [-0.2, -0.15) is 0 Å². The van der Waals surface area contributed by atoms with Crippen LogP contribution in [0.15, 0.2) is 60.8 Å². The molecule has 1 amide bonds. The van der Waals surface area contributed by atoms with E-state index < -0.39 is 18.2 Å². The number of esters is 1. The molecule has 0 saturated carbocycles. The number of aliphatic hydroxyl groups is 2. The van der Waals surface area contributed by atoms with Crippen molar-refractivity contribution in [1.82, 2.24) is 5.32 Å². The van der Waals surface area contributed by atoms with Crippen molar-refractivity contribution in [1.29, 1.82) is 0 Å². The molecule has 372 valence electrons. The minimum absolute atomic E-state index is 0.0000113. The Hall–Kier alpha value is -2.44. The molecule has 0 heterocycles. The van der Waals surface area contributed by atoms with Crippen LogP contribution in [0, 0.1) is 0 Å². The maximum Gasteiger partial charge on any atom is 0.306 e. The fourth-order valence-corrected chi connectivity index (χ4v) is 8.11. The molecule has 0 spiro atoms. The normalized spacial score (nSPS) is 13.6. The summed E-state index contributed by atoms with van der Waals surface area (Å²) in [5, 5.41) is 23.8. The Morgan fingerprint density at radius 1 is 0.469 bits per heavy atom. The topological polar surface area (TPSA) is 95.9 Å². The molecule has 0 aliphatic heterocycles. The highest BCUT2D eigenvalue weighted by Crippen LogP contribution is 2.17. The number of rotatable bonds is 49. The number of hydrogen-bond donors (Lipinski definition) is 3. The van der Waals surface area contributed by atoms with E-state index in [1.165, 1.54) is 167 Å². The van der Waals surface area contributed by atoms with E-state index in [1.807, 2.05) is 6.08 Å². The van der Waals surface area contributed by atoms with Gasteiger partial charge in [-0.25, -0.2) is 0 Å². The van der Waals surface area contributed by atoms with Gasteiger partial charge in [-0.05, 0) is 70.6 Å². The van der Waals surface area contributed by atoms with E-state index in [-0.39, 0.29) is 24.9 Å². The average molecular weight is 896 g/mol. The summed E-state index contributed by atoms with van der Waals surface area (Å²) in [5.74, 6) is -0.576. The Kier molecular flexibility index (Phi) is 49.6. The molecule has 0 fully saturated rings. The minimum Gasteiger partial charge on any atom is -0.461 e. The Bertz CT molecular complexity index is 1140. The van der Waals surface area contributed by atoms with Gasteiger partial charge < -0.3 is 20.3 Å².